The number of thiophene rings is 2. The molecule has 0 aliphatic rings. The third-order valence-corrected chi connectivity index (χ3v) is 8.24. The lowest BCUT2D eigenvalue weighted by molar-refractivity contribution is -0.113. The molecule has 4 rings (SSSR count). The van der Waals surface area contributed by atoms with Crippen LogP contribution in [0.2, 0.25) is 0 Å². The SMILES string of the molecule is C=CCn1c(SCC(=O)Nc2scc(-c3ccccc3)c2C(=O)OCC)nnc1-c1csc(CCC)c1. The van der Waals surface area contributed by atoms with Crippen LogP contribution < -0.4 is 5.32 Å². The summed E-state index contributed by atoms with van der Waals surface area (Å²) in [5.41, 5.74) is 3.01. The van der Waals surface area contributed by atoms with E-state index in [0.29, 0.717) is 22.3 Å². The smallest absolute Gasteiger partial charge is 0.341 e. The summed E-state index contributed by atoms with van der Waals surface area (Å²) in [6.45, 7) is 8.56. The number of carbonyl (C=O) groups excluding carboxylic acids is 2. The number of amides is 1. The number of carbonyl (C=O) groups is 2. The molecule has 1 aromatic carbocycles. The van der Waals surface area contributed by atoms with Crippen LogP contribution in [-0.2, 0) is 22.5 Å². The fourth-order valence-corrected chi connectivity index (χ4v) is 6.45. The number of anilines is 1. The van der Waals surface area contributed by atoms with Crippen LogP contribution in [0.4, 0.5) is 5.00 Å². The number of esters is 1. The third-order valence-electron chi connectivity index (χ3n) is 5.38. The summed E-state index contributed by atoms with van der Waals surface area (Å²) >= 11 is 4.32. The van der Waals surface area contributed by atoms with Crippen LogP contribution in [0.1, 0.15) is 35.5 Å². The van der Waals surface area contributed by atoms with Crippen LogP contribution in [0.3, 0.4) is 0 Å². The van der Waals surface area contributed by atoms with Crippen molar-refractivity contribution in [2.75, 3.05) is 17.7 Å². The fraction of sp³-hybridized carbons (Fsp3) is 0.259. The van der Waals surface area contributed by atoms with Crippen LogP contribution >= 0.6 is 34.4 Å². The van der Waals surface area contributed by atoms with E-state index < -0.39 is 5.97 Å². The normalized spacial score (nSPS) is 10.9. The maximum Gasteiger partial charge on any atom is 0.341 e. The molecule has 0 radical (unpaired) electrons. The lowest BCUT2D eigenvalue weighted by Crippen LogP contribution is -2.17. The van der Waals surface area contributed by atoms with Gasteiger partial charge in [-0.1, -0.05) is 61.5 Å². The summed E-state index contributed by atoms with van der Waals surface area (Å²) < 4.78 is 7.25. The molecule has 0 fully saturated rings. The van der Waals surface area contributed by atoms with E-state index in [4.69, 9.17) is 4.74 Å². The number of aryl methyl sites for hydroxylation is 1. The van der Waals surface area contributed by atoms with Gasteiger partial charge in [0.2, 0.25) is 5.91 Å². The van der Waals surface area contributed by atoms with E-state index in [1.54, 1.807) is 24.3 Å². The standard InChI is InChI=1S/C27H28N4O3S3/c1-4-10-20-14-19(15-35-20)24-29-30-27(31(24)13-5-2)37-17-22(32)28-25-23(26(33)34-6-3)21(16-36-25)18-11-8-7-9-12-18/h5,7-9,11-12,14-16H,2,4,6,10,13,17H2,1,3H3,(H,28,32). The lowest BCUT2D eigenvalue weighted by atomic mass is 10.0. The molecule has 10 heteroatoms. The molecule has 192 valence electrons. The van der Waals surface area contributed by atoms with Crippen LogP contribution in [0.25, 0.3) is 22.5 Å². The largest absolute Gasteiger partial charge is 0.462 e. The molecule has 7 nitrogen and oxygen atoms in total. The number of nitrogens with zero attached hydrogens (tertiary/aromatic N) is 3. The predicted octanol–water partition coefficient (Wildman–Crippen LogP) is 6.78. The summed E-state index contributed by atoms with van der Waals surface area (Å²) in [6, 6.07) is 11.7. The minimum atomic E-state index is -0.459. The molecule has 3 aromatic heterocycles. The van der Waals surface area contributed by atoms with Gasteiger partial charge >= 0.3 is 5.97 Å². The van der Waals surface area contributed by atoms with Gasteiger partial charge in [-0.2, -0.15) is 0 Å². The van der Waals surface area contributed by atoms with Crippen molar-refractivity contribution in [3.8, 4) is 22.5 Å². The number of aromatic nitrogens is 3. The molecule has 0 saturated heterocycles. The van der Waals surface area contributed by atoms with Crippen molar-refractivity contribution in [2.24, 2.45) is 0 Å². The molecule has 1 amide bonds. The molecular weight excluding hydrogens is 525 g/mol. The number of hydrogen-bond donors (Lipinski definition) is 1. The molecule has 4 aromatic rings. The van der Waals surface area contributed by atoms with Gasteiger partial charge in [-0.05, 0) is 25.0 Å². The molecule has 37 heavy (non-hydrogen) atoms. The Labute approximate surface area is 228 Å². The Morgan fingerprint density at radius 1 is 1.14 bits per heavy atom. The molecule has 0 atom stereocenters. The number of allylic oxidation sites excluding steroid dienone is 1. The van der Waals surface area contributed by atoms with Crippen molar-refractivity contribution in [2.45, 2.75) is 38.4 Å². The first-order valence-corrected chi connectivity index (χ1v) is 14.7. The van der Waals surface area contributed by atoms with Crippen LogP contribution in [-0.4, -0.2) is 39.0 Å². The maximum atomic E-state index is 12.9. The van der Waals surface area contributed by atoms with Crippen molar-refractivity contribution < 1.29 is 14.3 Å². The number of ether oxygens (including phenoxy) is 1. The average Bonchev–Trinajstić information content (AvgIpc) is 3.63. The highest BCUT2D eigenvalue weighted by Gasteiger charge is 2.23. The third kappa shape index (κ3) is 6.38. The molecule has 0 saturated carbocycles. The first-order chi connectivity index (χ1) is 18.0. The van der Waals surface area contributed by atoms with E-state index in [9.17, 15) is 9.59 Å². The molecule has 0 unspecified atom stereocenters. The Hall–Kier alpha value is -3.21. The minimum absolute atomic E-state index is 0.112. The summed E-state index contributed by atoms with van der Waals surface area (Å²) in [5, 5.41) is 16.7. The van der Waals surface area contributed by atoms with Crippen LogP contribution in [0.15, 0.2) is 65.0 Å². The Bertz CT molecular complexity index is 1370. The van der Waals surface area contributed by atoms with Gasteiger partial charge in [-0.3, -0.25) is 9.36 Å². The Kier molecular flexibility index (Phi) is 9.32. The van der Waals surface area contributed by atoms with Gasteiger partial charge < -0.3 is 10.1 Å². The number of benzene rings is 1. The highest BCUT2D eigenvalue weighted by Crippen LogP contribution is 2.36. The van der Waals surface area contributed by atoms with Crippen molar-refractivity contribution >= 4 is 51.3 Å². The molecular formula is C27H28N4O3S3. The van der Waals surface area contributed by atoms with Crippen LogP contribution in [0, 0.1) is 0 Å². The summed E-state index contributed by atoms with van der Waals surface area (Å²) in [4.78, 5) is 27.0. The van der Waals surface area contributed by atoms with Crippen molar-refractivity contribution in [1.29, 1.82) is 0 Å². The van der Waals surface area contributed by atoms with Gasteiger partial charge in [0.25, 0.3) is 0 Å². The first kappa shape index (κ1) is 26.8. The van der Waals surface area contributed by atoms with E-state index in [0.717, 1.165) is 35.4 Å². The van der Waals surface area contributed by atoms with E-state index in [2.05, 4.69) is 40.5 Å². The summed E-state index contributed by atoms with van der Waals surface area (Å²) in [7, 11) is 0. The fourth-order valence-electron chi connectivity index (χ4n) is 3.76. The van der Waals surface area contributed by atoms with Gasteiger partial charge in [0.15, 0.2) is 11.0 Å². The number of hydrogen-bond acceptors (Lipinski definition) is 8. The lowest BCUT2D eigenvalue weighted by Gasteiger charge is -2.09. The van der Waals surface area contributed by atoms with Crippen molar-refractivity contribution in [1.82, 2.24) is 14.8 Å². The summed E-state index contributed by atoms with van der Waals surface area (Å²) in [5.74, 6) is 0.171. The number of thioether (sulfide) groups is 1. The summed E-state index contributed by atoms with van der Waals surface area (Å²) in [6.07, 6.45) is 3.91. The quantitative estimate of drug-likeness (QED) is 0.118. The second-order valence-electron chi connectivity index (χ2n) is 8.03. The van der Waals surface area contributed by atoms with E-state index in [1.807, 2.05) is 40.3 Å². The molecule has 3 heterocycles. The number of nitrogens with one attached hydrogen (secondary N) is 1. The zero-order valence-electron chi connectivity index (χ0n) is 20.7. The molecule has 0 bridgehead atoms. The highest BCUT2D eigenvalue weighted by molar-refractivity contribution is 7.99. The maximum absolute atomic E-state index is 12.9. The topological polar surface area (TPSA) is 86.1 Å². The van der Waals surface area contributed by atoms with Gasteiger partial charge in [0.05, 0.1) is 12.4 Å². The zero-order chi connectivity index (χ0) is 26.2. The highest BCUT2D eigenvalue weighted by atomic mass is 32.2. The van der Waals surface area contributed by atoms with Gasteiger partial charge in [-0.25, -0.2) is 4.79 Å². The van der Waals surface area contributed by atoms with E-state index in [-0.39, 0.29) is 18.3 Å². The minimum Gasteiger partial charge on any atom is -0.462 e. The number of rotatable bonds is 12. The van der Waals surface area contributed by atoms with Crippen LogP contribution in [0.5, 0.6) is 0 Å². The Balaban J connectivity index is 1.50. The van der Waals surface area contributed by atoms with Gasteiger partial charge in [0, 0.05) is 33.3 Å². The molecule has 0 aliphatic carbocycles. The Morgan fingerprint density at radius 3 is 2.68 bits per heavy atom. The first-order valence-electron chi connectivity index (χ1n) is 11.9. The zero-order valence-corrected chi connectivity index (χ0v) is 23.2. The second-order valence-corrected chi connectivity index (χ2v) is 10.9. The van der Waals surface area contributed by atoms with Gasteiger partial charge in [-0.15, -0.1) is 39.4 Å². The molecule has 0 aliphatic heterocycles. The monoisotopic (exact) mass is 552 g/mol. The second kappa shape index (κ2) is 12.8. The van der Waals surface area contributed by atoms with Gasteiger partial charge in [0.1, 0.15) is 10.6 Å². The van der Waals surface area contributed by atoms with Crippen molar-refractivity contribution in [3.63, 3.8) is 0 Å². The van der Waals surface area contributed by atoms with E-state index >= 15 is 0 Å². The predicted molar refractivity (Wildman–Crippen MR) is 153 cm³/mol. The molecule has 1 N–H and O–H groups in total. The Morgan fingerprint density at radius 2 is 1.95 bits per heavy atom. The van der Waals surface area contributed by atoms with Crippen molar-refractivity contribution in [3.05, 3.63) is 70.3 Å². The molecule has 0 spiro atoms. The van der Waals surface area contributed by atoms with E-state index in [1.165, 1.54) is 28.0 Å². The average molecular weight is 553 g/mol.